The average Bonchev–Trinajstić information content (AvgIpc) is 2.77. The van der Waals surface area contributed by atoms with Crippen molar-refractivity contribution in [1.82, 2.24) is 5.32 Å². The summed E-state index contributed by atoms with van der Waals surface area (Å²) >= 11 is 5.97. The number of hydrogen-bond donors (Lipinski definition) is 1. The minimum atomic E-state index is 0.646. The number of rotatable bonds is 5. The molecular weight excluding hydrogens is 246 g/mol. The van der Waals surface area contributed by atoms with E-state index < -0.39 is 0 Å². The van der Waals surface area contributed by atoms with Crippen LogP contribution in [0.3, 0.4) is 0 Å². The summed E-state index contributed by atoms with van der Waals surface area (Å²) in [6.45, 7) is 6.13. The average molecular weight is 264 g/mol. The van der Waals surface area contributed by atoms with Gasteiger partial charge in [-0.25, -0.2) is 0 Å². The van der Waals surface area contributed by atoms with E-state index in [9.17, 15) is 0 Å². The summed E-state index contributed by atoms with van der Waals surface area (Å²) in [5.74, 6) is 2.46. The van der Waals surface area contributed by atoms with Gasteiger partial charge >= 0.3 is 0 Å². The van der Waals surface area contributed by atoms with Gasteiger partial charge in [0.1, 0.15) is 11.5 Å². The third-order valence-corrected chi connectivity index (χ3v) is 2.86. The quantitative estimate of drug-likeness (QED) is 0.868. The van der Waals surface area contributed by atoms with Gasteiger partial charge in [0.05, 0.1) is 6.54 Å². The van der Waals surface area contributed by atoms with Gasteiger partial charge in [0, 0.05) is 10.6 Å². The molecule has 0 aliphatic heterocycles. The van der Waals surface area contributed by atoms with E-state index in [1.165, 1.54) is 0 Å². The highest BCUT2D eigenvalue weighted by Gasteiger charge is 2.05. The molecule has 0 amide bonds. The van der Waals surface area contributed by atoms with Crippen LogP contribution in [0.25, 0.3) is 11.3 Å². The lowest BCUT2D eigenvalue weighted by Crippen LogP contribution is -2.18. The fourth-order valence-electron chi connectivity index (χ4n) is 1.75. The van der Waals surface area contributed by atoms with Crippen LogP contribution in [0.15, 0.2) is 40.8 Å². The van der Waals surface area contributed by atoms with Crippen LogP contribution in [0.2, 0.25) is 5.02 Å². The minimum Gasteiger partial charge on any atom is -0.460 e. The Labute approximate surface area is 113 Å². The summed E-state index contributed by atoms with van der Waals surface area (Å²) < 4.78 is 5.79. The van der Waals surface area contributed by atoms with Crippen LogP contribution < -0.4 is 5.32 Å². The maximum absolute atomic E-state index is 5.97. The van der Waals surface area contributed by atoms with Gasteiger partial charge in [-0.2, -0.15) is 0 Å². The van der Waals surface area contributed by atoms with Crippen molar-refractivity contribution in [3.8, 4) is 11.3 Å². The molecule has 0 saturated carbocycles. The Morgan fingerprint density at radius 3 is 2.78 bits per heavy atom. The zero-order valence-electron chi connectivity index (χ0n) is 10.7. The van der Waals surface area contributed by atoms with Crippen LogP contribution >= 0.6 is 11.6 Å². The van der Waals surface area contributed by atoms with Gasteiger partial charge in [-0.1, -0.05) is 37.6 Å². The van der Waals surface area contributed by atoms with Crippen molar-refractivity contribution in [2.24, 2.45) is 5.92 Å². The normalized spacial score (nSPS) is 11.1. The highest BCUT2D eigenvalue weighted by Crippen LogP contribution is 2.24. The van der Waals surface area contributed by atoms with E-state index in [4.69, 9.17) is 16.0 Å². The lowest BCUT2D eigenvalue weighted by molar-refractivity contribution is 0.472. The van der Waals surface area contributed by atoms with Gasteiger partial charge in [-0.3, -0.25) is 0 Å². The number of hydrogen-bond acceptors (Lipinski definition) is 2. The fourth-order valence-corrected chi connectivity index (χ4v) is 1.94. The predicted molar refractivity (Wildman–Crippen MR) is 75.7 cm³/mol. The monoisotopic (exact) mass is 263 g/mol. The maximum atomic E-state index is 5.97. The first kappa shape index (κ1) is 13.2. The van der Waals surface area contributed by atoms with Gasteiger partial charge in [-0.15, -0.1) is 0 Å². The summed E-state index contributed by atoms with van der Waals surface area (Å²) in [6.07, 6.45) is 0. The van der Waals surface area contributed by atoms with Gasteiger partial charge < -0.3 is 9.73 Å². The molecule has 2 nitrogen and oxygen atoms in total. The van der Waals surface area contributed by atoms with Crippen LogP contribution in [0.1, 0.15) is 19.6 Å². The summed E-state index contributed by atoms with van der Waals surface area (Å²) in [7, 11) is 0. The summed E-state index contributed by atoms with van der Waals surface area (Å²) in [6, 6.07) is 11.7. The van der Waals surface area contributed by atoms with Gasteiger partial charge in [-0.05, 0) is 36.7 Å². The van der Waals surface area contributed by atoms with E-state index in [2.05, 4.69) is 19.2 Å². The van der Waals surface area contributed by atoms with Crippen LogP contribution in [0.4, 0.5) is 0 Å². The van der Waals surface area contributed by atoms with Gasteiger partial charge in [0.15, 0.2) is 0 Å². The second-order valence-corrected chi connectivity index (χ2v) is 5.24. The molecule has 0 saturated heterocycles. The van der Waals surface area contributed by atoms with Gasteiger partial charge in [0.2, 0.25) is 0 Å². The number of nitrogens with one attached hydrogen (secondary N) is 1. The summed E-state index contributed by atoms with van der Waals surface area (Å²) in [5, 5.41) is 4.08. The molecule has 0 aliphatic rings. The number of benzene rings is 1. The first-order valence-corrected chi connectivity index (χ1v) is 6.58. The standard InChI is InChI=1S/C15H18ClNO/c1-11(2)9-17-10-14-6-7-15(18-14)12-4-3-5-13(16)8-12/h3-8,11,17H,9-10H2,1-2H3. The minimum absolute atomic E-state index is 0.646. The van der Waals surface area contributed by atoms with Crippen LogP contribution in [0.5, 0.6) is 0 Å². The zero-order chi connectivity index (χ0) is 13.0. The van der Waals surface area contributed by atoms with E-state index >= 15 is 0 Å². The molecule has 1 heterocycles. The third kappa shape index (κ3) is 3.62. The van der Waals surface area contributed by atoms with Crippen molar-refractivity contribution in [1.29, 1.82) is 0 Å². The highest BCUT2D eigenvalue weighted by atomic mass is 35.5. The molecule has 96 valence electrons. The molecule has 0 fully saturated rings. The van der Waals surface area contributed by atoms with E-state index in [0.29, 0.717) is 5.92 Å². The largest absolute Gasteiger partial charge is 0.460 e. The Morgan fingerprint density at radius 1 is 1.22 bits per heavy atom. The SMILES string of the molecule is CC(C)CNCc1ccc(-c2cccc(Cl)c2)o1. The molecule has 0 unspecified atom stereocenters. The smallest absolute Gasteiger partial charge is 0.134 e. The Hall–Kier alpha value is -1.25. The van der Waals surface area contributed by atoms with E-state index in [0.717, 1.165) is 35.2 Å². The van der Waals surface area contributed by atoms with Crippen molar-refractivity contribution in [3.05, 3.63) is 47.2 Å². The summed E-state index contributed by atoms with van der Waals surface area (Å²) in [5.41, 5.74) is 1.01. The molecular formula is C15H18ClNO. The third-order valence-electron chi connectivity index (χ3n) is 2.62. The molecule has 0 aliphatic carbocycles. The Kier molecular flexibility index (Phi) is 4.45. The van der Waals surface area contributed by atoms with Crippen molar-refractivity contribution in [2.75, 3.05) is 6.54 Å². The molecule has 1 aromatic heterocycles. The topological polar surface area (TPSA) is 25.2 Å². The molecule has 1 aromatic carbocycles. The zero-order valence-corrected chi connectivity index (χ0v) is 11.5. The van der Waals surface area contributed by atoms with Crippen molar-refractivity contribution in [3.63, 3.8) is 0 Å². The molecule has 0 bridgehead atoms. The first-order chi connectivity index (χ1) is 8.65. The van der Waals surface area contributed by atoms with E-state index in [1.54, 1.807) is 0 Å². The fraction of sp³-hybridized carbons (Fsp3) is 0.333. The highest BCUT2D eigenvalue weighted by molar-refractivity contribution is 6.30. The van der Waals surface area contributed by atoms with Gasteiger partial charge in [0.25, 0.3) is 0 Å². The molecule has 3 heteroatoms. The Bertz CT molecular complexity index is 505. The number of furan rings is 1. The Morgan fingerprint density at radius 2 is 2.06 bits per heavy atom. The van der Waals surface area contributed by atoms with Crippen LogP contribution in [-0.2, 0) is 6.54 Å². The first-order valence-electron chi connectivity index (χ1n) is 6.20. The van der Waals surface area contributed by atoms with E-state index in [-0.39, 0.29) is 0 Å². The predicted octanol–water partition coefficient (Wildman–Crippen LogP) is 4.35. The molecule has 18 heavy (non-hydrogen) atoms. The molecule has 1 N–H and O–H groups in total. The number of halogens is 1. The Balaban J connectivity index is 2.02. The second kappa shape index (κ2) is 6.07. The van der Waals surface area contributed by atoms with Crippen molar-refractivity contribution < 1.29 is 4.42 Å². The van der Waals surface area contributed by atoms with E-state index in [1.807, 2.05) is 36.4 Å². The lowest BCUT2D eigenvalue weighted by atomic mass is 10.2. The molecule has 0 radical (unpaired) electrons. The second-order valence-electron chi connectivity index (χ2n) is 4.80. The lowest BCUT2D eigenvalue weighted by Gasteiger charge is -2.05. The van der Waals surface area contributed by atoms with Crippen LogP contribution in [-0.4, -0.2) is 6.54 Å². The van der Waals surface area contributed by atoms with Crippen molar-refractivity contribution in [2.45, 2.75) is 20.4 Å². The van der Waals surface area contributed by atoms with Crippen molar-refractivity contribution >= 4 is 11.6 Å². The molecule has 0 atom stereocenters. The molecule has 2 rings (SSSR count). The maximum Gasteiger partial charge on any atom is 0.134 e. The molecule has 0 spiro atoms. The summed E-state index contributed by atoms with van der Waals surface area (Å²) in [4.78, 5) is 0. The molecule has 2 aromatic rings. The van der Waals surface area contributed by atoms with Crippen LogP contribution in [0, 0.1) is 5.92 Å².